The van der Waals surface area contributed by atoms with Crippen LogP contribution >= 0.6 is 0 Å². The van der Waals surface area contributed by atoms with E-state index in [4.69, 9.17) is 14.4 Å². The number of aliphatic imine (C=N–C) groups is 2. The van der Waals surface area contributed by atoms with E-state index in [2.05, 4.69) is 195 Å². The molecule has 55 heavy (non-hydrogen) atoms. The van der Waals surface area contributed by atoms with Crippen molar-refractivity contribution in [3.05, 3.63) is 205 Å². The summed E-state index contributed by atoms with van der Waals surface area (Å²) in [6.45, 7) is 2.25. The predicted octanol–water partition coefficient (Wildman–Crippen LogP) is 13.8. The van der Waals surface area contributed by atoms with E-state index < -0.39 is 0 Å². The standard InChI is InChI=1S/C52H38N2O/c1-2-43-50(39-16-7-4-8-17-39)53-52(40-30-27-38(28-31-40)37-25-23-36(24-26-37)34-13-5-3-6-14-34)54-51(43)45-20-12-22-47-49(45)48-44(19-11-21-46(48)55-47)42-32-29-35-15-9-10-18-41(35)33-42/h3-33,43,50H,2H2,1H3. The number of hydrogen-bond acceptors (Lipinski definition) is 3. The molecule has 1 aliphatic rings. The highest BCUT2D eigenvalue weighted by atomic mass is 16.3. The number of benzene rings is 8. The van der Waals surface area contributed by atoms with Gasteiger partial charge in [-0.1, -0.05) is 177 Å². The van der Waals surface area contributed by atoms with Gasteiger partial charge < -0.3 is 4.42 Å². The second kappa shape index (κ2) is 13.9. The van der Waals surface area contributed by atoms with Gasteiger partial charge in [0.15, 0.2) is 5.84 Å². The number of furan rings is 1. The molecule has 0 amide bonds. The van der Waals surface area contributed by atoms with Crippen LogP contribution in [0, 0.1) is 5.92 Å². The highest BCUT2D eigenvalue weighted by Gasteiger charge is 2.33. The summed E-state index contributed by atoms with van der Waals surface area (Å²) < 4.78 is 6.63. The fourth-order valence-electron chi connectivity index (χ4n) is 8.34. The molecule has 0 radical (unpaired) electrons. The first-order chi connectivity index (χ1) is 27.2. The molecule has 3 nitrogen and oxygen atoms in total. The van der Waals surface area contributed by atoms with Gasteiger partial charge in [-0.15, -0.1) is 0 Å². The molecule has 2 unspecified atom stereocenters. The van der Waals surface area contributed by atoms with Gasteiger partial charge in [0.25, 0.3) is 0 Å². The van der Waals surface area contributed by atoms with Crippen molar-refractivity contribution in [3.63, 3.8) is 0 Å². The normalized spacial score (nSPS) is 15.7. The number of hydrogen-bond donors (Lipinski definition) is 0. The Kier molecular flexibility index (Phi) is 8.26. The minimum absolute atomic E-state index is 0.0666. The summed E-state index contributed by atoms with van der Waals surface area (Å²) in [4.78, 5) is 10.9. The number of nitrogens with zero attached hydrogens (tertiary/aromatic N) is 2. The molecular weight excluding hydrogens is 669 g/mol. The van der Waals surface area contributed by atoms with Crippen LogP contribution in [0.1, 0.15) is 36.1 Å². The first-order valence-corrected chi connectivity index (χ1v) is 19.1. The van der Waals surface area contributed by atoms with Gasteiger partial charge >= 0.3 is 0 Å². The molecule has 0 spiro atoms. The summed E-state index contributed by atoms with van der Waals surface area (Å²) in [7, 11) is 0. The number of amidine groups is 1. The lowest BCUT2D eigenvalue weighted by molar-refractivity contribution is 0.533. The fraction of sp³-hybridized carbons (Fsp3) is 0.0769. The average molecular weight is 707 g/mol. The van der Waals surface area contributed by atoms with Gasteiger partial charge in [0, 0.05) is 27.8 Å². The lowest BCUT2D eigenvalue weighted by Crippen LogP contribution is -2.28. The monoisotopic (exact) mass is 706 g/mol. The minimum atomic E-state index is -0.0905. The van der Waals surface area contributed by atoms with E-state index >= 15 is 0 Å². The molecule has 262 valence electrons. The van der Waals surface area contributed by atoms with Gasteiger partial charge in [0.2, 0.25) is 0 Å². The molecule has 1 aliphatic heterocycles. The SMILES string of the molecule is CCC1C(c2cccc3oc4cccc(-c5ccc6ccccc6c5)c4c23)=NC(c2ccc(-c3ccc(-c4ccccc4)cc3)cc2)=NC1c1ccccc1. The van der Waals surface area contributed by atoms with Crippen molar-refractivity contribution in [2.75, 3.05) is 0 Å². The summed E-state index contributed by atoms with van der Waals surface area (Å²) in [6.07, 6.45) is 0.886. The molecule has 0 saturated carbocycles. The summed E-state index contributed by atoms with van der Waals surface area (Å²) in [5.41, 5.74) is 13.1. The Balaban J connectivity index is 1.10. The van der Waals surface area contributed by atoms with Crippen LogP contribution in [-0.4, -0.2) is 11.5 Å². The molecule has 0 fully saturated rings. The van der Waals surface area contributed by atoms with E-state index in [0.29, 0.717) is 0 Å². The van der Waals surface area contributed by atoms with E-state index in [9.17, 15) is 0 Å². The predicted molar refractivity (Wildman–Crippen MR) is 230 cm³/mol. The topological polar surface area (TPSA) is 37.9 Å². The van der Waals surface area contributed by atoms with E-state index in [0.717, 1.165) is 62.2 Å². The molecule has 10 rings (SSSR count). The maximum atomic E-state index is 6.63. The van der Waals surface area contributed by atoms with Gasteiger partial charge in [-0.2, -0.15) is 0 Å². The Hall–Kier alpha value is -6.84. The number of rotatable bonds is 7. The van der Waals surface area contributed by atoms with Crippen molar-refractivity contribution in [3.8, 4) is 33.4 Å². The average Bonchev–Trinajstić information content (AvgIpc) is 3.66. The van der Waals surface area contributed by atoms with Crippen LogP contribution < -0.4 is 0 Å². The zero-order valence-corrected chi connectivity index (χ0v) is 30.6. The van der Waals surface area contributed by atoms with Crippen molar-refractivity contribution >= 4 is 44.3 Å². The molecule has 1 aromatic heterocycles. The number of fused-ring (bicyclic) bond motifs is 4. The van der Waals surface area contributed by atoms with Crippen LogP contribution in [0.4, 0.5) is 0 Å². The fourth-order valence-corrected chi connectivity index (χ4v) is 8.34. The van der Waals surface area contributed by atoms with E-state index in [-0.39, 0.29) is 12.0 Å². The zero-order chi connectivity index (χ0) is 36.7. The Bertz CT molecular complexity index is 2880. The van der Waals surface area contributed by atoms with Crippen molar-refractivity contribution in [1.29, 1.82) is 0 Å². The molecule has 9 aromatic rings. The van der Waals surface area contributed by atoms with E-state index in [1.54, 1.807) is 0 Å². The van der Waals surface area contributed by atoms with Gasteiger partial charge in [0.05, 0.1) is 11.8 Å². The zero-order valence-electron chi connectivity index (χ0n) is 30.6. The summed E-state index contributed by atoms with van der Waals surface area (Å²) in [5, 5.41) is 4.66. The third kappa shape index (κ3) is 5.95. The second-order valence-electron chi connectivity index (χ2n) is 14.4. The van der Waals surface area contributed by atoms with Gasteiger partial charge in [-0.25, -0.2) is 4.99 Å². The molecule has 0 aliphatic carbocycles. The summed E-state index contributed by atoms with van der Waals surface area (Å²) in [6, 6.07) is 66.7. The van der Waals surface area contributed by atoms with E-state index in [1.807, 2.05) is 0 Å². The van der Waals surface area contributed by atoms with E-state index in [1.165, 1.54) is 38.6 Å². The molecule has 0 bridgehead atoms. The molecular formula is C52H38N2O. The lowest BCUT2D eigenvalue weighted by Gasteiger charge is -2.30. The van der Waals surface area contributed by atoms with Crippen molar-refractivity contribution in [2.24, 2.45) is 15.9 Å². The maximum absolute atomic E-state index is 6.63. The lowest BCUT2D eigenvalue weighted by atomic mass is 9.81. The largest absolute Gasteiger partial charge is 0.456 e. The van der Waals surface area contributed by atoms with Crippen LogP contribution in [0.3, 0.4) is 0 Å². The van der Waals surface area contributed by atoms with Gasteiger partial charge in [-0.3, -0.25) is 4.99 Å². The van der Waals surface area contributed by atoms with Gasteiger partial charge in [-0.05, 0) is 74.3 Å². The quantitative estimate of drug-likeness (QED) is 0.163. The first kappa shape index (κ1) is 32.8. The molecule has 8 aromatic carbocycles. The minimum Gasteiger partial charge on any atom is -0.456 e. The van der Waals surface area contributed by atoms with Crippen molar-refractivity contribution in [1.82, 2.24) is 0 Å². The summed E-state index contributed by atoms with van der Waals surface area (Å²) in [5.74, 6) is 0.816. The third-order valence-corrected chi connectivity index (χ3v) is 11.1. The van der Waals surface area contributed by atoms with Crippen LogP contribution in [0.2, 0.25) is 0 Å². The Labute approximate surface area is 321 Å². The van der Waals surface area contributed by atoms with Crippen molar-refractivity contribution < 1.29 is 4.42 Å². The highest BCUT2D eigenvalue weighted by molar-refractivity contribution is 6.25. The van der Waals surface area contributed by atoms with Crippen molar-refractivity contribution in [2.45, 2.75) is 19.4 Å². The second-order valence-corrected chi connectivity index (χ2v) is 14.4. The Morgan fingerprint density at radius 2 is 0.982 bits per heavy atom. The molecule has 3 heteroatoms. The smallest absolute Gasteiger partial charge is 0.155 e. The van der Waals surface area contributed by atoms with Crippen LogP contribution in [0.15, 0.2) is 202 Å². The van der Waals surface area contributed by atoms with Crippen LogP contribution in [0.5, 0.6) is 0 Å². The van der Waals surface area contributed by atoms with Gasteiger partial charge in [0.1, 0.15) is 11.2 Å². The van der Waals surface area contributed by atoms with Crippen LogP contribution in [-0.2, 0) is 0 Å². The molecule has 0 N–H and O–H groups in total. The molecule has 2 atom stereocenters. The Morgan fingerprint density at radius 1 is 0.455 bits per heavy atom. The highest BCUT2D eigenvalue weighted by Crippen LogP contribution is 2.43. The Morgan fingerprint density at radius 3 is 1.64 bits per heavy atom. The molecule has 0 saturated heterocycles. The first-order valence-electron chi connectivity index (χ1n) is 19.1. The summed E-state index contributed by atoms with van der Waals surface area (Å²) >= 11 is 0. The van der Waals surface area contributed by atoms with Crippen LogP contribution in [0.25, 0.3) is 66.1 Å². The maximum Gasteiger partial charge on any atom is 0.155 e. The molecule has 2 heterocycles. The third-order valence-electron chi connectivity index (χ3n) is 11.1.